The Hall–Kier alpha value is -0.540. The number of hydrogen-bond acceptors (Lipinski definition) is 3. The van der Waals surface area contributed by atoms with Gasteiger partial charge in [-0.1, -0.05) is 12.1 Å². The van der Waals surface area contributed by atoms with Crippen molar-refractivity contribution >= 4 is 45.9 Å². The molecule has 25 heavy (non-hydrogen) atoms. The maximum atomic E-state index is 5.96. The predicted molar refractivity (Wildman–Crippen MR) is 115 cm³/mol. The second-order valence-corrected chi connectivity index (χ2v) is 7.29. The highest BCUT2D eigenvalue weighted by Gasteiger charge is 2.41. The zero-order chi connectivity index (χ0) is 16.9. The Morgan fingerprint density at radius 2 is 2.20 bits per heavy atom. The first-order valence-corrected chi connectivity index (χ1v) is 9.56. The van der Waals surface area contributed by atoms with Gasteiger partial charge in [0.05, 0.1) is 29.3 Å². The number of rotatable bonds is 6. The lowest BCUT2D eigenvalue weighted by Crippen LogP contribution is -2.47. The Bertz CT molecular complexity index is 587. The minimum Gasteiger partial charge on any atom is -0.488 e. The standard InChI is InChI=1S/C18H26BrN3O2.HI/c1-3-20-18(22-15-10-13-8-9-17(15)24-13)21-11-12(2)23-16-7-5-4-6-14(16)19;/h4-7,12-13,15,17H,3,8-11H2,1-2H3,(H2,20,21,22);1H. The third kappa shape index (κ3) is 5.72. The van der Waals surface area contributed by atoms with Gasteiger partial charge in [0, 0.05) is 6.54 Å². The van der Waals surface area contributed by atoms with Gasteiger partial charge in [0.25, 0.3) is 0 Å². The van der Waals surface area contributed by atoms with Gasteiger partial charge in [-0.05, 0) is 61.2 Å². The number of benzene rings is 1. The molecule has 0 radical (unpaired) electrons. The molecule has 1 aromatic rings. The molecule has 2 heterocycles. The predicted octanol–water partition coefficient (Wildman–Crippen LogP) is 3.71. The van der Waals surface area contributed by atoms with E-state index in [4.69, 9.17) is 9.47 Å². The molecule has 5 nitrogen and oxygen atoms in total. The summed E-state index contributed by atoms with van der Waals surface area (Å²) in [5.41, 5.74) is 0. The van der Waals surface area contributed by atoms with E-state index in [-0.39, 0.29) is 30.1 Å². The fraction of sp³-hybridized carbons (Fsp3) is 0.611. The van der Waals surface area contributed by atoms with Crippen LogP contribution in [0, 0.1) is 0 Å². The Labute approximate surface area is 175 Å². The summed E-state index contributed by atoms with van der Waals surface area (Å²) in [5, 5.41) is 6.85. The number of nitrogens with one attached hydrogen (secondary N) is 2. The molecule has 0 amide bonds. The monoisotopic (exact) mass is 523 g/mol. The number of aliphatic imine (C=N–C) groups is 1. The van der Waals surface area contributed by atoms with Gasteiger partial charge in [-0.3, -0.25) is 0 Å². The number of ether oxygens (including phenoxy) is 2. The molecule has 2 bridgehead atoms. The van der Waals surface area contributed by atoms with Crippen molar-refractivity contribution in [2.75, 3.05) is 13.1 Å². The molecule has 3 rings (SSSR count). The van der Waals surface area contributed by atoms with Gasteiger partial charge in [0.15, 0.2) is 5.96 Å². The molecule has 1 aromatic carbocycles. The average Bonchev–Trinajstić information content (AvgIpc) is 3.18. The van der Waals surface area contributed by atoms with Crippen LogP contribution in [-0.4, -0.2) is 43.4 Å². The highest BCUT2D eigenvalue weighted by atomic mass is 127. The van der Waals surface area contributed by atoms with Crippen LogP contribution in [0.15, 0.2) is 33.7 Å². The summed E-state index contributed by atoms with van der Waals surface area (Å²) in [6.45, 7) is 5.55. The lowest BCUT2D eigenvalue weighted by atomic mass is 9.96. The third-order valence-corrected chi connectivity index (χ3v) is 5.10. The van der Waals surface area contributed by atoms with Crippen molar-refractivity contribution in [2.45, 2.75) is 57.5 Å². The van der Waals surface area contributed by atoms with Crippen molar-refractivity contribution in [3.05, 3.63) is 28.7 Å². The third-order valence-electron chi connectivity index (χ3n) is 4.44. The van der Waals surface area contributed by atoms with E-state index in [2.05, 4.69) is 38.5 Å². The topological polar surface area (TPSA) is 54.9 Å². The first-order valence-electron chi connectivity index (χ1n) is 8.77. The van der Waals surface area contributed by atoms with E-state index in [0.717, 1.165) is 35.6 Å². The van der Waals surface area contributed by atoms with Gasteiger partial charge < -0.3 is 20.1 Å². The van der Waals surface area contributed by atoms with Crippen molar-refractivity contribution in [1.82, 2.24) is 10.6 Å². The zero-order valence-corrected chi connectivity index (χ0v) is 18.6. The molecule has 140 valence electrons. The molecule has 4 unspecified atom stereocenters. The molecule has 0 saturated carbocycles. The number of fused-ring (bicyclic) bond motifs is 2. The van der Waals surface area contributed by atoms with Crippen LogP contribution in [0.5, 0.6) is 5.75 Å². The molecule has 0 spiro atoms. The smallest absolute Gasteiger partial charge is 0.191 e. The number of hydrogen-bond donors (Lipinski definition) is 2. The highest BCUT2D eigenvalue weighted by Crippen LogP contribution is 2.34. The van der Waals surface area contributed by atoms with Crippen molar-refractivity contribution in [3.8, 4) is 5.75 Å². The fourth-order valence-corrected chi connectivity index (χ4v) is 3.68. The lowest BCUT2D eigenvalue weighted by Gasteiger charge is -2.23. The van der Waals surface area contributed by atoms with Gasteiger partial charge in [0.1, 0.15) is 11.9 Å². The van der Waals surface area contributed by atoms with Gasteiger partial charge in [-0.2, -0.15) is 0 Å². The van der Waals surface area contributed by atoms with E-state index in [0.29, 0.717) is 24.8 Å². The number of nitrogens with zero attached hydrogens (tertiary/aromatic N) is 1. The Morgan fingerprint density at radius 1 is 1.40 bits per heavy atom. The van der Waals surface area contributed by atoms with Crippen molar-refractivity contribution in [3.63, 3.8) is 0 Å². The fourth-order valence-electron chi connectivity index (χ4n) is 3.30. The zero-order valence-electron chi connectivity index (χ0n) is 14.7. The number of para-hydroxylation sites is 1. The van der Waals surface area contributed by atoms with Crippen molar-refractivity contribution in [2.24, 2.45) is 4.99 Å². The summed E-state index contributed by atoms with van der Waals surface area (Å²) in [6.07, 6.45) is 4.21. The molecule has 2 aliphatic heterocycles. The summed E-state index contributed by atoms with van der Waals surface area (Å²) in [6, 6.07) is 8.26. The molecule has 7 heteroatoms. The summed E-state index contributed by atoms with van der Waals surface area (Å²) < 4.78 is 12.8. The minimum absolute atomic E-state index is 0. The van der Waals surface area contributed by atoms with Crippen LogP contribution in [0.4, 0.5) is 0 Å². The SMILES string of the molecule is CCNC(=NCC(C)Oc1ccccc1Br)NC1CC2CCC1O2.I. The number of guanidine groups is 1. The minimum atomic E-state index is -0.00423. The first-order chi connectivity index (χ1) is 11.7. The first kappa shape index (κ1) is 20.8. The molecular formula is C18H27BrIN3O2. The molecular weight excluding hydrogens is 497 g/mol. The molecule has 0 aliphatic carbocycles. The molecule has 0 aromatic heterocycles. The molecule has 2 fully saturated rings. The molecule has 2 saturated heterocycles. The average molecular weight is 524 g/mol. The van der Waals surface area contributed by atoms with E-state index in [1.165, 1.54) is 6.42 Å². The molecule has 2 N–H and O–H groups in total. The lowest BCUT2D eigenvalue weighted by molar-refractivity contribution is 0.0992. The molecule has 2 aliphatic rings. The number of halogens is 2. The van der Waals surface area contributed by atoms with Crippen LogP contribution in [0.1, 0.15) is 33.1 Å². The van der Waals surface area contributed by atoms with Crippen LogP contribution in [0.3, 0.4) is 0 Å². The Morgan fingerprint density at radius 3 is 2.84 bits per heavy atom. The maximum absolute atomic E-state index is 5.96. The summed E-state index contributed by atoms with van der Waals surface area (Å²) in [7, 11) is 0. The maximum Gasteiger partial charge on any atom is 0.191 e. The highest BCUT2D eigenvalue weighted by molar-refractivity contribution is 14.0. The normalized spacial score (nSPS) is 26.0. The van der Waals surface area contributed by atoms with Crippen molar-refractivity contribution < 1.29 is 9.47 Å². The Balaban J connectivity index is 0.00000225. The molecule has 4 atom stereocenters. The van der Waals surface area contributed by atoms with Crippen LogP contribution in [0.25, 0.3) is 0 Å². The van der Waals surface area contributed by atoms with E-state index in [1.54, 1.807) is 0 Å². The van der Waals surface area contributed by atoms with Gasteiger partial charge in [-0.25, -0.2) is 4.99 Å². The van der Waals surface area contributed by atoms with Crippen molar-refractivity contribution in [1.29, 1.82) is 0 Å². The Kier molecular flexibility index (Phi) is 8.28. The van der Waals surface area contributed by atoms with E-state index in [1.807, 2.05) is 31.2 Å². The van der Waals surface area contributed by atoms with Crippen LogP contribution in [-0.2, 0) is 4.74 Å². The summed E-state index contributed by atoms with van der Waals surface area (Å²) >= 11 is 3.51. The van der Waals surface area contributed by atoms with Crippen LogP contribution < -0.4 is 15.4 Å². The largest absolute Gasteiger partial charge is 0.488 e. The van der Waals surface area contributed by atoms with Crippen LogP contribution >= 0.6 is 39.9 Å². The van der Waals surface area contributed by atoms with E-state index < -0.39 is 0 Å². The second-order valence-electron chi connectivity index (χ2n) is 6.44. The van der Waals surface area contributed by atoms with E-state index >= 15 is 0 Å². The quantitative estimate of drug-likeness (QED) is 0.339. The summed E-state index contributed by atoms with van der Waals surface area (Å²) in [5.74, 6) is 1.70. The van der Waals surface area contributed by atoms with E-state index in [9.17, 15) is 0 Å². The second kappa shape index (κ2) is 9.97. The summed E-state index contributed by atoms with van der Waals surface area (Å²) in [4.78, 5) is 4.68. The van der Waals surface area contributed by atoms with Gasteiger partial charge in [0.2, 0.25) is 0 Å². The van der Waals surface area contributed by atoms with Crippen LogP contribution in [0.2, 0.25) is 0 Å². The van der Waals surface area contributed by atoms with Gasteiger partial charge >= 0.3 is 0 Å². The van der Waals surface area contributed by atoms with Gasteiger partial charge in [-0.15, -0.1) is 24.0 Å².